The summed E-state index contributed by atoms with van der Waals surface area (Å²) in [6.07, 6.45) is 6.68. The number of nitrogens with zero attached hydrogens (tertiary/aromatic N) is 1. The van der Waals surface area contributed by atoms with E-state index in [4.69, 9.17) is 11.6 Å². The lowest BCUT2D eigenvalue weighted by atomic mass is 10.1. The van der Waals surface area contributed by atoms with E-state index in [1.807, 2.05) is 0 Å². The van der Waals surface area contributed by atoms with Crippen LogP contribution in [0.2, 0.25) is 0 Å². The molecule has 0 N–H and O–H groups in total. The van der Waals surface area contributed by atoms with E-state index >= 15 is 0 Å². The first-order chi connectivity index (χ1) is 5.40. The van der Waals surface area contributed by atoms with Crippen molar-refractivity contribution in [3.05, 3.63) is 23.8 Å². The maximum atomic E-state index is 5.66. The van der Waals surface area contributed by atoms with Crippen LogP contribution in [0.1, 0.15) is 0 Å². The summed E-state index contributed by atoms with van der Waals surface area (Å²) in [5.41, 5.74) is 1.56. The van der Waals surface area contributed by atoms with Crippen molar-refractivity contribution in [1.29, 1.82) is 0 Å². The maximum absolute atomic E-state index is 5.66. The molecule has 0 aromatic rings. The molecule has 0 spiro atoms. The molecule has 2 aliphatic rings. The Morgan fingerprint density at radius 2 is 2.55 bits per heavy atom. The molecule has 2 heteroatoms. The van der Waals surface area contributed by atoms with Gasteiger partial charge in [-0.1, -0.05) is 18.2 Å². The van der Waals surface area contributed by atoms with Gasteiger partial charge < -0.3 is 0 Å². The number of rotatable bonds is 2. The summed E-state index contributed by atoms with van der Waals surface area (Å²) in [5.74, 6) is 1.46. The quantitative estimate of drug-likeness (QED) is 0.569. The van der Waals surface area contributed by atoms with E-state index in [0.717, 1.165) is 19.0 Å². The van der Waals surface area contributed by atoms with E-state index in [1.165, 1.54) is 6.54 Å². The predicted octanol–water partition coefficient (Wildman–Crippen LogP) is 1.65. The van der Waals surface area contributed by atoms with Crippen molar-refractivity contribution in [1.82, 2.24) is 4.90 Å². The highest BCUT2D eigenvalue weighted by Crippen LogP contribution is 2.27. The summed E-state index contributed by atoms with van der Waals surface area (Å²) in [5, 5.41) is 0. The summed E-state index contributed by atoms with van der Waals surface area (Å²) >= 11 is 5.66. The summed E-state index contributed by atoms with van der Waals surface area (Å²) < 4.78 is 0. The Balaban J connectivity index is 1.95. The van der Waals surface area contributed by atoms with Gasteiger partial charge in [0.05, 0.1) is 0 Å². The van der Waals surface area contributed by atoms with Crippen molar-refractivity contribution in [2.45, 2.75) is 0 Å². The van der Waals surface area contributed by atoms with Crippen molar-refractivity contribution >= 4 is 11.6 Å². The molecule has 1 fully saturated rings. The SMILES string of the molecule is ClCCN1CC2=CC=CC2C1. The molecule has 0 radical (unpaired) electrons. The zero-order chi connectivity index (χ0) is 7.68. The maximum Gasteiger partial charge on any atom is 0.0351 e. The molecule has 0 aromatic heterocycles. The van der Waals surface area contributed by atoms with E-state index < -0.39 is 0 Å². The van der Waals surface area contributed by atoms with Crippen LogP contribution in [-0.4, -0.2) is 30.4 Å². The molecule has 0 bridgehead atoms. The highest BCUT2D eigenvalue weighted by atomic mass is 35.5. The molecule has 1 unspecified atom stereocenters. The van der Waals surface area contributed by atoms with E-state index in [1.54, 1.807) is 5.57 Å². The standard InChI is InChI=1S/C9H12ClN/c10-4-5-11-6-8-2-1-3-9(8)7-11/h1-3,8H,4-7H2. The molecular formula is C9H12ClN. The zero-order valence-corrected chi connectivity index (χ0v) is 7.22. The minimum Gasteiger partial charge on any atom is -0.297 e. The molecule has 0 saturated carbocycles. The molecule has 0 amide bonds. The third-order valence-corrected chi connectivity index (χ3v) is 2.56. The van der Waals surface area contributed by atoms with Crippen molar-refractivity contribution in [2.24, 2.45) is 5.92 Å². The van der Waals surface area contributed by atoms with E-state index in [0.29, 0.717) is 5.92 Å². The van der Waals surface area contributed by atoms with Gasteiger partial charge in [-0.05, 0) is 5.57 Å². The van der Waals surface area contributed by atoms with Crippen LogP contribution in [0, 0.1) is 5.92 Å². The fourth-order valence-corrected chi connectivity index (χ4v) is 2.04. The lowest BCUT2D eigenvalue weighted by molar-refractivity contribution is 0.355. The van der Waals surface area contributed by atoms with Gasteiger partial charge in [0, 0.05) is 31.4 Å². The van der Waals surface area contributed by atoms with Crippen LogP contribution in [0.25, 0.3) is 0 Å². The van der Waals surface area contributed by atoms with Gasteiger partial charge >= 0.3 is 0 Å². The summed E-state index contributed by atoms with van der Waals surface area (Å²) in [6.45, 7) is 3.34. The lowest BCUT2D eigenvalue weighted by Gasteiger charge is -2.11. The smallest absolute Gasteiger partial charge is 0.0351 e. The van der Waals surface area contributed by atoms with Gasteiger partial charge in [0.25, 0.3) is 0 Å². The largest absolute Gasteiger partial charge is 0.297 e. The molecule has 1 nitrogen and oxygen atoms in total. The topological polar surface area (TPSA) is 3.24 Å². The number of hydrogen-bond acceptors (Lipinski definition) is 1. The average molecular weight is 170 g/mol. The summed E-state index contributed by atoms with van der Waals surface area (Å²) in [6, 6.07) is 0. The Bertz CT molecular complexity index is 208. The molecule has 11 heavy (non-hydrogen) atoms. The van der Waals surface area contributed by atoms with Crippen molar-refractivity contribution < 1.29 is 0 Å². The molecule has 1 atom stereocenters. The number of hydrogen-bond donors (Lipinski definition) is 0. The van der Waals surface area contributed by atoms with Gasteiger partial charge in [-0.2, -0.15) is 0 Å². The van der Waals surface area contributed by atoms with Gasteiger partial charge in [0.15, 0.2) is 0 Å². The highest BCUT2D eigenvalue weighted by Gasteiger charge is 2.26. The van der Waals surface area contributed by atoms with E-state index in [2.05, 4.69) is 23.1 Å². The second kappa shape index (κ2) is 3.00. The first kappa shape index (κ1) is 7.38. The minimum atomic E-state index is 0.707. The Labute approximate surface area is 72.3 Å². The second-order valence-electron chi connectivity index (χ2n) is 3.16. The van der Waals surface area contributed by atoms with Crippen molar-refractivity contribution in [2.75, 3.05) is 25.5 Å². The molecule has 1 aliphatic carbocycles. The molecule has 2 rings (SSSR count). The number of halogens is 1. The van der Waals surface area contributed by atoms with Crippen LogP contribution in [0.15, 0.2) is 23.8 Å². The van der Waals surface area contributed by atoms with Crippen LogP contribution in [-0.2, 0) is 0 Å². The van der Waals surface area contributed by atoms with Crippen LogP contribution >= 0.6 is 11.6 Å². The number of likely N-dealkylation sites (tertiary alicyclic amines) is 1. The van der Waals surface area contributed by atoms with Gasteiger partial charge in [0.2, 0.25) is 0 Å². The molecule has 1 saturated heterocycles. The summed E-state index contributed by atoms with van der Waals surface area (Å²) in [7, 11) is 0. The van der Waals surface area contributed by atoms with Gasteiger partial charge in [0.1, 0.15) is 0 Å². The zero-order valence-electron chi connectivity index (χ0n) is 6.46. The molecule has 1 aliphatic heterocycles. The van der Waals surface area contributed by atoms with Gasteiger partial charge in [-0.3, -0.25) is 4.90 Å². The molecule has 1 heterocycles. The van der Waals surface area contributed by atoms with Crippen molar-refractivity contribution in [3.63, 3.8) is 0 Å². The minimum absolute atomic E-state index is 0.707. The summed E-state index contributed by atoms with van der Waals surface area (Å²) in [4.78, 5) is 2.41. The number of fused-ring (bicyclic) bond motifs is 1. The molecule has 0 aromatic carbocycles. The lowest BCUT2D eigenvalue weighted by Crippen LogP contribution is -2.22. The van der Waals surface area contributed by atoms with Gasteiger partial charge in [-0.25, -0.2) is 0 Å². The highest BCUT2D eigenvalue weighted by molar-refractivity contribution is 6.18. The number of alkyl halides is 1. The molecule has 60 valence electrons. The normalized spacial score (nSPS) is 29.2. The second-order valence-corrected chi connectivity index (χ2v) is 3.54. The predicted molar refractivity (Wildman–Crippen MR) is 47.9 cm³/mol. The molecular weight excluding hydrogens is 158 g/mol. The number of allylic oxidation sites excluding steroid dienone is 2. The Kier molecular flexibility index (Phi) is 2.01. The van der Waals surface area contributed by atoms with Crippen LogP contribution in [0.4, 0.5) is 0 Å². The van der Waals surface area contributed by atoms with Crippen LogP contribution in [0.5, 0.6) is 0 Å². The van der Waals surface area contributed by atoms with Gasteiger partial charge in [-0.15, -0.1) is 11.6 Å². The Hall–Kier alpha value is -0.270. The van der Waals surface area contributed by atoms with Crippen molar-refractivity contribution in [3.8, 4) is 0 Å². The Morgan fingerprint density at radius 3 is 3.27 bits per heavy atom. The van der Waals surface area contributed by atoms with E-state index in [9.17, 15) is 0 Å². The fourth-order valence-electron chi connectivity index (χ4n) is 1.80. The third kappa shape index (κ3) is 1.35. The first-order valence-electron chi connectivity index (χ1n) is 4.06. The monoisotopic (exact) mass is 169 g/mol. The van der Waals surface area contributed by atoms with E-state index in [-0.39, 0.29) is 0 Å². The van der Waals surface area contributed by atoms with Crippen LogP contribution in [0.3, 0.4) is 0 Å². The Morgan fingerprint density at radius 1 is 1.64 bits per heavy atom. The van der Waals surface area contributed by atoms with Crippen LogP contribution < -0.4 is 0 Å². The fraction of sp³-hybridized carbons (Fsp3) is 0.556. The average Bonchev–Trinajstić information content (AvgIpc) is 2.46. The third-order valence-electron chi connectivity index (χ3n) is 2.39. The first-order valence-corrected chi connectivity index (χ1v) is 4.59.